The summed E-state index contributed by atoms with van der Waals surface area (Å²) < 4.78 is 24.7. The third-order valence-corrected chi connectivity index (χ3v) is 4.08. The van der Waals surface area contributed by atoms with Crippen LogP contribution in [0.15, 0.2) is 54.7 Å². The Morgan fingerprint density at radius 1 is 1.07 bits per heavy atom. The molecular formula is C20H17FN4O3. The lowest BCUT2D eigenvalue weighted by Gasteiger charge is -2.19. The molecule has 1 aromatic heterocycles. The number of rotatable bonds is 5. The third-order valence-electron chi connectivity index (χ3n) is 4.08. The Balaban J connectivity index is 1.43. The minimum atomic E-state index is -0.395. The molecule has 2 N–H and O–H groups in total. The highest BCUT2D eigenvalue weighted by Gasteiger charge is 2.14. The minimum Gasteiger partial charge on any atom is -0.486 e. The number of carbonyl (C=O) groups is 1. The van der Waals surface area contributed by atoms with Crippen molar-refractivity contribution in [3.8, 4) is 11.5 Å². The number of benzene rings is 2. The smallest absolute Gasteiger partial charge is 0.274 e. The van der Waals surface area contributed by atoms with Crippen LogP contribution in [0, 0.1) is 5.82 Å². The van der Waals surface area contributed by atoms with Gasteiger partial charge in [-0.25, -0.2) is 14.4 Å². The lowest BCUT2D eigenvalue weighted by molar-refractivity contribution is 0.102. The molecular weight excluding hydrogens is 363 g/mol. The van der Waals surface area contributed by atoms with Gasteiger partial charge in [0.25, 0.3) is 5.91 Å². The maximum Gasteiger partial charge on any atom is 0.274 e. The van der Waals surface area contributed by atoms with Crippen molar-refractivity contribution in [1.29, 1.82) is 0 Å². The van der Waals surface area contributed by atoms with Gasteiger partial charge in [-0.15, -0.1) is 0 Å². The summed E-state index contributed by atoms with van der Waals surface area (Å²) >= 11 is 0. The van der Waals surface area contributed by atoms with E-state index < -0.39 is 5.91 Å². The quantitative estimate of drug-likeness (QED) is 0.707. The first-order valence-electron chi connectivity index (χ1n) is 8.70. The summed E-state index contributed by atoms with van der Waals surface area (Å²) in [6, 6.07) is 13.1. The van der Waals surface area contributed by atoms with Gasteiger partial charge >= 0.3 is 0 Å². The highest BCUT2D eigenvalue weighted by Crippen LogP contribution is 2.32. The van der Waals surface area contributed by atoms with Crippen LogP contribution in [0.25, 0.3) is 0 Å². The zero-order valence-corrected chi connectivity index (χ0v) is 14.8. The van der Waals surface area contributed by atoms with E-state index in [2.05, 4.69) is 20.6 Å². The van der Waals surface area contributed by atoms with E-state index in [1.165, 1.54) is 18.3 Å². The molecule has 2 heterocycles. The summed E-state index contributed by atoms with van der Waals surface area (Å²) in [6.45, 7) is 1.18. The molecule has 0 saturated carbocycles. The van der Waals surface area contributed by atoms with Crippen LogP contribution in [0.4, 0.5) is 16.0 Å². The van der Waals surface area contributed by atoms with Gasteiger partial charge in [0.15, 0.2) is 11.5 Å². The molecule has 4 rings (SSSR count). The molecule has 8 heteroatoms. The number of fused-ring (bicyclic) bond motifs is 1. The molecule has 142 valence electrons. The Hall–Kier alpha value is -3.68. The van der Waals surface area contributed by atoms with E-state index in [-0.39, 0.29) is 24.0 Å². The fourth-order valence-corrected chi connectivity index (χ4v) is 2.70. The van der Waals surface area contributed by atoms with Crippen LogP contribution in [0.2, 0.25) is 0 Å². The van der Waals surface area contributed by atoms with E-state index in [1.54, 1.807) is 36.4 Å². The first-order valence-corrected chi connectivity index (χ1v) is 8.70. The van der Waals surface area contributed by atoms with Gasteiger partial charge in [0.05, 0.1) is 0 Å². The molecule has 28 heavy (non-hydrogen) atoms. The van der Waals surface area contributed by atoms with E-state index >= 15 is 0 Å². The number of nitrogens with one attached hydrogen (secondary N) is 2. The van der Waals surface area contributed by atoms with Gasteiger partial charge in [0.2, 0.25) is 5.95 Å². The molecule has 0 radical (unpaired) electrons. The Kier molecular flexibility index (Phi) is 5.01. The normalized spacial score (nSPS) is 12.3. The van der Waals surface area contributed by atoms with Gasteiger partial charge in [0.1, 0.15) is 24.7 Å². The number of ether oxygens (including phenoxy) is 2. The van der Waals surface area contributed by atoms with Crippen LogP contribution in [-0.4, -0.2) is 29.1 Å². The fourth-order valence-electron chi connectivity index (χ4n) is 2.70. The second-order valence-electron chi connectivity index (χ2n) is 6.02. The van der Waals surface area contributed by atoms with Crippen molar-refractivity contribution < 1.29 is 18.7 Å². The van der Waals surface area contributed by atoms with E-state index in [0.29, 0.717) is 36.0 Å². The molecule has 0 saturated heterocycles. The maximum absolute atomic E-state index is 13.7. The number of carbonyl (C=O) groups excluding carboxylic acids is 1. The standard InChI is InChI=1S/C20H17FN4O3/c21-15-4-2-1-3-13(15)12-23-20-22-8-7-16(25-20)19(26)24-14-5-6-17-18(11-14)28-10-9-27-17/h1-8,11H,9-10,12H2,(H,24,26)(H,22,23,25). The van der Waals surface area contributed by atoms with Gasteiger partial charge in [-0.2, -0.15) is 0 Å². The molecule has 0 atom stereocenters. The maximum atomic E-state index is 13.7. The summed E-state index contributed by atoms with van der Waals surface area (Å²) in [5, 5.41) is 5.69. The van der Waals surface area contributed by atoms with Crippen LogP contribution in [-0.2, 0) is 6.54 Å². The lowest BCUT2D eigenvalue weighted by Crippen LogP contribution is -2.17. The summed E-state index contributed by atoms with van der Waals surface area (Å²) in [7, 11) is 0. The van der Waals surface area contributed by atoms with E-state index in [0.717, 1.165) is 0 Å². The van der Waals surface area contributed by atoms with Crippen LogP contribution < -0.4 is 20.1 Å². The highest BCUT2D eigenvalue weighted by atomic mass is 19.1. The molecule has 1 aliphatic heterocycles. The molecule has 0 unspecified atom stereocenters. The Morgan fingerprint density at radius 2 is 1.89 bits per heavy atom. The third kappa shape index (κ3) is 4.01. The Morgan fingerprint density at radius 3 is 2.75 bits per heavy atom. The molecule has 0 aliphatic carbocycles. The van der Waals surface area contributed by atoms with Crippen molar-refractivity contribution in [2.45, 2.75) is 6.54 Å². The predicted molar refractivity (Wildman–Crippen MR) is 101 cm³/mol. The van der Waals surface area contributed by atoms with Gasteiger partial charge in [0, 0.05) is 30.1 Å². The minimum absolute atomic E-state index is 0.181. The first kappa shape index (κ1) is 17.7. The molecule has 0 spiro atoms. The Labute approximate surface area is 160 Å². The highest BCUT2D eigenvalue weighted by molar-refractivity contribution is 6.03. The van der Waals surface area contributed by atoms with Gasteiger partial charge < -0.3 is 20.1 Å². The van der Waals surface area contributed by atoms with Crippen molar-refractivity contribution in [2.24, 2.45) is 0 Å². The molecule has 0 fully saturated rings. The largest absolute Gasteiger partial charge is 0.486 e. The number of hydrogen-bond donors (Lipinski definition) is 2. The summed E-state index contributed by atoms with van der Waals surface area (Å²) in [5.41, 5.74) is 1.23. The van der Waals surface area contributed by atoms with Crippen molar-refractivity contribution in [3.05, 3.63) is 71.8 Å². The molecule has 0 bridgehead atoms. The average Bonchev–Trinajstić information content (AvgIpc) is 2.73. The second-order valence-corrected chi connectivity index (χ2v) is 6.02. The first-order chi connectivity index (χ1) is 13.7. The van der Waals surface area contributed by atoms with Crippen LogP contribution in [0.5, 0.6) is 11.5 Å². The van der Waals surface area contributed by atoms with Crippen LogP contribution >= 0.6 is 0 Å². The van der Waals surface area contributed by atoms with Crippen molar-refractivity contribution >= 4 is 17.5 Å². The zero-order valence-electron chi connectivity index (χ0n) is 14.8. The zero-order chi connectivity index (χ0) is 19.3. The Bertz CT molecular complexity index is 1010. The number of nitrogens with zero attached hydrogens (tertiary/aromatic N) is 2. The van der Waals surface area contributed by atoms with E-state index in [9.17, 15) is 9.18 Å². The number of aromatic nitrogens is 2. The SMILES string of the molecule is O=C(Nc1ccc2c(c1)OCCO2)c1ccnc(NCc2ccccc2F)n1. The molecule has 7 nitrogen and oxygen atoms in total. The number of halogens is 1. The summed E-state index contributed by atoms with van der Waals surface area (Å²) in [5.74, 6) is 0.749. The summed E-state index contributed by atoms with van der Waals surface area (Å²) in [6.07, 6.45) is 1.47. The molecule has 1 amide bonds. The van der Waals surface area contributed by atoms with Gasteiger partial charge in [-0.05, 0) is 24.3 Å². The van der Waals surface area contributed by atoms with Crippen LogP contribution in [0.3, 0.4) is 0 Å². The lowest BCUT2D eigenvalue weighted by atomic mass is 10.2. The van der Waals surface area contributed by atoms with Crippen LogP contribution in [0.1, 0.15) is 16.1 Å². The predicted octanol–water partition coefficient (Wildman–Crippen LogP) is 3.25. The van der Waals surface area contributed by atoms with Crippen molar-refractivity contribution in [2.75, 3.05) is 23.8 Å². The van der Waals surface area contributed by atoms with Gasteiger partial charge in [-0.3, -0.25) is 4.79 Å². The summed E-state index contributed by atoms with van der Waals surface area (Å²) in [4.78, 5) is 20.8. The number of anilines is 2. The van der Waals surface area contributed by atoms with Crippen molar-refractivity contribution in [3.63, 3.8) is 0 Å². The van der Waals surface area contributed by atoms with Crippen molar-refractivity contribution in [1.82, 2.24) is 9.97 Å². The monoisotopic (exact) mass is 380 g/mol. The van der Waals surface area contributed by atoms with E-state index in [1.807, 2.05) is 0 Å². The van der Waals surface area contributed by atoms with Gasteiger partial charge in [-0.1, -0.05) is 18.2 Å². The fraction of sp³-hybridized carbons (Fsp3) is 0.150. The average molecular weight is 380 g/mol. The topological polar surface area (TPSA) is 85.4 Å². The molecule has 3 aromatic rings. The number of amides is 1. The molecule has 2 aromatic carbocycles. The molecule has 1 aliphatic rings. The second kappa shape index (κ2) is 7.91. The number of hydrogen-bond acceptors (Lipinski definition) is 6. The van der Waals surface area contributed by atoms with E-state index in [4.69, 9.17) is 9.47 Å².